The second kappa shape index (κ2) is 9.54. The maximum atomic E-state index is 12.6. The number of benzene rings is 2. The standard InChI is InChI=1S/C22H30N6O/c1-16-4-9-19(14-20(16)26-22(23)24-2)25-21(29)18-7-5-17(6-8-18)15-28-12-10-27(3)11-13-28/h4-9,14H,10-13,15H2,1-3H3,(H,25,29)(H3,23,24,26). The van der Waals surface area contributed by atoms with Gasteiger partial charge in [-0.15, -0.1) is 0 Å². The fourth-order valence-corrected chi connectivity index (χ4v) is 3.26. The molecule has 7 heteroatoms. The van der Waals surface area contributed by atoms with Gasteiger partial charge in [0, 0.05) is 56.7 Å². The molecule has 1 saturated heterocycles. The maximum absolute atomic E-state index is 12.6. The minimum atomic E-state index is -0.136. The summed E-state index contributed by atoms with van der Waals surface area (Å²) in [7, 11) is 3.78. The summed E-state index contributed by atoms with van der Waals surface area (Å²) >= 11 is 0. The van der Waals surface area contributed by atoms with Crippen LogP contribution in [0.5, 0.6) is 0 Å². The van der Waals surface area contributed by atoms with E-state index in [1.54, 1.807) is 7.05 Å². The van der Waals surface area contributed by atoms with Crippen LogP contribution >= 0.6 is 0 Å². The quantitative estimate of drug-likeness (QED) is 0.535. The van der Waals surface area contributed by atoms with Crippen LogP contribution in [0.25, 0.3) is 0 Å². The molecule has 0 bridgehead atoms. The van der Waals surface area contributed by atoms with E-state index in [1.807, 2.05) is 49.4 Å². The molecule has 0 saturated carbocycles. The van der Waals surface area contributed by atoms with Crippen LogP contribution in [0, 0.1) is 6.92 Å². The normalized spacial score (nSPS) is 15.9. The van der Waals surface area contributed by atoms with Gasteiger partial charge in [0.05, 0.1) is 0 Å². The number of carbonyl (C=O) groups excluding carboxylic acids is 1. The summed E-state index contributed by atoms with van der Waals surface area (Å²) < 4.78 is 0. The molecular formula is C22H30N6O. The first-order valence-corrected chi connectivity index (χ1v) is 9.85. The average molecular weight is 395 g/mol. The highest BCUT2D eigenvalue weighted by Gasteiger charge is 2.14. The molecule has 1 aliphatic heterocycles. The highest BCUT2D eigenvalue weighted by atomic mass is 16.1. The van der Waals surface area contributed by atoms with E-state index in [4.69, 9.17) is 5.73 Å². The molecule has 0 atom stereocenters. The van der Waals surface area contributed by atoms with Crippen molar-refractivity contribution in [3.05, 3.63) is 59.2 Å². The van der Waals surface area contributed by atoms with E-state index in [0.717, 1.165) is 44.0 Å². The minimum Gasteiger partial charge on any atom is -0.370 e. The van der Waals surface area contributed by atoms with Crippen molar-refractivity contribution in [1.82, 2.24) is 9.80 Å². The molecule has 4 N–H and O–H groups in total. The van der Waals surface area contributed by atoms with Gasteiger partial charge in [-0.3, -0.25) is 14.7 Å². The largest absolute Gasteiger partial charge is 0.370 e. The number of nitrogens with two attached hydrogens (primary N) is 1. The summed E-state index contributed by atoms with van der Waals surface area (Å²) in [5.41, 5.74) is 10.1. The van der Waals surface area contributed by atoms with Crippen LogP contribution in [-0.2, 0) is 6.54 Å². The number of anilines is 2. The molecule has 0 radical (unpaired) electrons. The smallest absolute Gasteiger partial charge is 0.255 e. The van der Waals surface area contributed by atoms with Crippen molar-refractivity contribution in [3.8, 4) is 0 Å². The highest BCUT2D eigenvalue weighted by Crippen LogP contribution is 2.21. The molecule has 1 amide bonds. The molecule has 2 aromatic carbocycles. The van der Waals surface area contributed by atoms with E-state index < -0.39 is 0 Å². The maximum Gasteiger partial charge on any atom is 0.255 e. The Bertz CT molecular complexity index is 869. The highest BCUT2D eigenvalue weighted by molar-refractivity contribution is 6.04. The summed E-state index contributed by atoms with van der Waals surface area (Å²) in [5.74, 6) is 0.190. The number of hydrogen-bond donors (Lipinski definition) is 3. The van der Waals surface area contributed by atoms with E-state index in [1.165, 1.54) is 5.56 Å². The molecule has 29 heavy (non-hydrogen) atoms. The second-order valence-corrected chi connectivity index (χ2v) is 7.49. The van der Waals surface area contributed by atoms with Crippen molar-refractivity contribution < 1.29 is 4.79 Å². The Kier molecular flexibility index (Phi) is 6.85. The number of amides is 1. The summed E-state index contributed by atoms with van der Waals surface area (Å²) in [6.45, 7) is 7.25. The third-order valence-corrected chi connectivity index (χ3v) is 5.22. The van der Waals surface area contributed by atoms with E-state index in [2.05, 4.69) is 32.5 Å². The monoisotopic (exact) mass is 394 g/mol. The Morgan fingerprint density at radius 1 is 1.07 bits per heavy atom. The molecule has 0 aromatic heterocycles. The van der Waals surface area contributed by atoms with Crippen molar-refractivity contribution in [3.63, 3.8) is 0 Å². The predicted octanol–water partition coefficient (Wildman–Crippen LogP) is 2.35. The SMILES string of the molecule is CN=C(N)Nc1cc(NC(=O)c2ccc(CN3CCN(C)CC3)cc2)ccc1C. The zero-order valence-electron chi connectivity index (χ0n) is 17.4. The number of carbonyl (C=O) groups is 1. The molecule has 3 rings (SSSR count). The van der Waals surface area contributed by atoms with Crippen molar-refractivity contribution in [1.29, 1.82) is 0 Å². The number of nitrogens with one attached hydrogen (secondary N) is 2. The number of likely N-dealkylation sites (N-methyl/N-ethyl adjacent to an activating group) is 1. The Labute approximate surface area is 172 Å². The van der Waals surface area contributed by atoms with Crippen LogP contribution in [0.4, 0.5) is 11.4 Å². The van der Waals surface area contributed by atoms with Gasteiger partial charge in [-0.2, -0.15) is 0 Å². The summed E-state index contributed by atoms with van der Waals surface area (Å²) in [6.07, 6.45) is 0. The number of hydrogen-bond acceptors (Lipinski definition) is 4. The van der Waals surface area contributed by atoms with Crippen molar-refractivity contribution in [2.75, 3.05) is 50.9 Å². The second-order valence-electron chi connectivity index (χ2n) is 7.49. The first kappa shape index (κ1) is 20.8. The Morgan fingerprint density at radius 2 is 1.76 bits per heavy atom. The Hall–Kier alpha value is -2.90. The van der Waals surface area contributed by atoms with Gasteiger partial charge in [-0.1, -0.05) is 18.2 Å². The van der Waals surface area contributed by atoms with Gasteiger partial charge in [0.25, 0.3) is 5.91 Å². The lowest BCUT2D eigenvalue weighted by Crippen LogP contribution is -2.43. The molecule has 2 aromatic rings. The fraction of sp³-hybridized carbons (Fsp3) is 0.364. The summed E-state index contributed by atoms with van der Waals surface area (Å²) in [5, 5.41) is 5.98. The van der Waals surface area contributed by atoms with Crippen LogP contribution in [-0.4, -0.2) is 61.9 Å². The Morgan fingerprint density at radius 3 is 2.41 bits per heavy atom. The first-order valence-electron chi connectivity index (χ1n) is 9.85. The molecule has 0 unspecified atom stereocenters. The molecule has 0 spiro atoms. The predicted molar refractivity (Wildman–Crippen MR) is 120 cm³/mol. The number of rotatable bonds is 5. The van der Waals surface area contributed by atoms with Gasteiger partial charge in [0.2, 0.25) is 0 Å². The van der Waals surface area contributed by atoms with Crippen molar-refractivity contribution in [2.45, 2.75) is 13.5 Å². The topological polar surface area (TPSA) is 86.0 Å². The van der Waals surface area contributed by atoms with Gasteiger partial charge in [-0.25, -0.2) is 0 Å². The summed E-state index contributed by atoms with van der Waals surface area (Å²) in [6, 6.07) is 13.5. The van der Waals surface area contributed by atoms with Crippen LogP contribution in [0.3, 0.4) is 0 Å². The molecule has 1 heterocycles. The van der Waals surface area contributed by atoms with E-state index in [9.17, 15) is 4.79 Å². The lowest BCUT2D eigenvalue weighted by molar-refractivity contribution is 0.102. The van der Waals surface area contributed by atoms with Crippen LogP contribution in [0.2, 0.25) is 0 Å². The van der Waals surface area contributed by atoms with E-state index in [0.29, 0.717) is 17.2 Å². The first-order chi connectivity index (χ1) is 13.9. The number of nitrogens with zero attached hydrogens (tertiary/aromatic N) is 3. The lowest BCUT2D eigenvalue weighted by atomic mass is 10.1. The molecule has 154 valence electrons. The van der Waals surface area contributed by atoms with Crippen LogP contribution in [0.1, 0.15) is 21.5 Å². The molecule has 7 nitrogen and oxygen atoms in total. The number of aryl methyl sites for hydroxylation is 1. The molecule has 0 aliphatic carbocycles. The van der Waals surface area contributed by atoms with E-state index in [-0.39, 0.29) is 5.91 Å². The zero-order chi connectivity index (χ0) is 20.8. The van der Waals surface area contributed by atoms with Gasteiger partial charge in [0.15, 0.2) is 5.96 Å². The van der Waals surface area contributed by atoms with Gasteiger partial charge in [-0.05, 0) is 49.4 Å². The third kappa shape index (κ3) is 5.79. The van der Waals surface area contributed by atoms with Gasteiger partial charge in [0.1, 0.15) is 0 Å². The van der Waals surface area contributed by atoms with Gasteiger partial charge < -0.3 is 21.3 Å². The van der Waals surface area contributed by atoms with Crippen LogP contribution in [0.15, 0.2) is 47.5 Å². The summed E-state index contributed by atoms with van der Waals surface area (Å²) in [4.78, 5) is 21.3. The minimum absolute atomic E-state index is 0.136. The number of guanidine groups is 1. The van der Waals surface area contributed by atoms with Crippen molar-refractivity contribution in [2.24, 2.45) is 10.7 Å². The lowest BCUT2D eigenvalue weighted by Gasteiger charge is -2.32. The Balaban J connectivity index is 1.61. The van der Waals surface area contributed by atoms with Crippen LogP contribution < -0.4 is 16.4 Å². The molecule has 1 aliphatic rings. The molecular weight excluding hydrogens is 364 g/mol. The molecule has 1 fully saturated rings. The van der Waals surface area contributed by atoms with E-state index >= 15 is 0 Å². The van der Waals surface area contributed by atoms with Crippen molar-refractivity contribution >= 4 is 23.2 Å². The number of aliphatic imine (C=N–C) groups is 1. The third-order valence-electron chi connectivity index (χ3n) is 5.22. The average Bonchev–Trinajstić information content (AvgIpc) is 2.72. The number of piperazine rings is 1. The van der Waals surface area contributed by atoms with Gasteiger partial charge >= 0.3 is 0 Å². The fourth-order valence-electron chi connectivity index (χ4n) is 3.26. The zero-order valence-corrected chi connectivity index (χ0v) is 17.4.